The molecule has 1 atom stereocenters. The van der Waals surface area contributed by atoms with Crippen LogP contribution in [0, 0.1) is 0 Å². The van der Waals surface area contributed by atoms with E-state index in [-0.39, 0.29) is 0 Å². The maximum absolute atomic E-state index is 4.51. The molecule has 1 aliphatic rings. The SMILES string of the molecule is CCc1cc(C2CCCCCN2)n(C)n1. The summed E-state index contributed by atoms with van der Waals surface area (Å²) in [5, 5.41) is 8.13. The fourth-order valence-electron chi connectivity index (χ4n) is 2.32. The van der Waals surface area contributed by atoms with Crippen molar-refractivity contribution in [1.29, 1.82) is 0 Å². The summed E-state index contributed by atoms with van der Waals surface area (Å²) in [4.78, 5) is 0. The van der Waals surface area contributed by atoms with Crippen molar-refractivity contribution in [3.8, 4) is 0 Å². The number of rotatable bonds is 2. The topological polar surface area (TPSA) is 29.9 Å². The van der Waals surface area contributed by atoms with Gasteiger partial charge in [-0.25, -0.2) is 0 Å². The third-order valence-corrected chi connectivity index (χ3v) is 3.25. The van der Waals surface area contributed by atoms with Crippen LogP contribution in [0.25, 0.3) is 0 Å². The van der Waals surface area contributed by atoms with Crippen LogP contribution < -0.4 is 5.32 Å². The minimum absolute atomic E-state index is 0.519. The fourth-order valence-corrected chi connectivity index (χ4v) is 2.32. The summed E-state index contributed by atoms with van der Waals surface area (Å²) in [6.45, 7) is 3.31. The van der Waals surface area contributed by atoms with Crippen LogP contribution in [0.4, 0.5) is 0 Å². The number of nitrogens with one attached hydrogen (secondary N) is 1. The van der Waals surface area contributed by atoms with Gasteiger partial charge in [-0.3, -0.25) is 4.68 Å². The van der Waals surface area contributed by atoms with E-state index >= 15 is 0 Å². The van der Waals surface area contributed by atoms with Crippen LogP contribution in [0.5, 0.6) is 0 Å². The molecule has 0 aliphatic carbocycles. The molecule has 3 nitrogen and oxygen atoms in total. The molecule has 1 saturated heterocycles. The molecule has 0 amide bonds. The standard InChI is InChI=1S/C12H21N3/c1-3-10-9-12(15(2)14-10)11-7-5-4-6-8-13-11/h9,11,13H,3-8H2,1-2H3. The van der Waals surface area contributed by atoms with Crippen LogP contribution in [0.1, 0.15) is 50.0 Å². The van der Waals surface area contributed by atoms with Gasteiger partial charge in [0.1, 0.15) is 0 Å². The molecule has 1 aromatic rings. The highest BCUT2D eigenvalue weighted by atomic mass is 15.3. The summed E-state index contributed by atoms with van der Waals surface area (Å²) < 4.78 is 2.04. The highest BCUT2D eigenvalue weighted by Gasteiger charge is 2.17. The lowest BCUT2D eigenvalue weighted by Gasteiger charge is -2.15. The largest absolute Gasteiger partial charge is 0.309 e. The summed E-state index contributed by atoms with van der Waals surface area (Å²) in [5.74, 6) is 0. The number of nitrogens with zero attached hydrogens (tertiary/aromatic N) is 2. The molecule has 0 radical (unpaired) electrons. The van der Waals surface area contributed by atoms with Crippen molar-refractivity contribution in [3.05, 3.63) is 17.5 Å². The Morgan fingerprint density at radius 3 is 3.07 bits per heavy atom. The zero-order chi connectivity index (χ0) is 10.7. The molecule has 2 heterocycles. The molecule has 0 bridgehead atoms. The van der Waals surface area contributed by atoms with Crippen molar-refractivity contribution in [2.24, 2.45) is 7.05 Å². The van der Waals surface area contributed by atoms with Crippen LogP contribution in [-0.4, -0.2) is 16.3 Å². The van der Waals surface area contributed by atoms with E-state index in [0.29, 0.717) is 6.04 Å². The predicted octanol–water partition coefficient (Wildman–Crippen LogP) is 2.19. The quantitative estimate of drug-likeness (QED) is 0.805. The minimum atomic E-state index is 0.519. The van der Waals surface area contributed by atoms with Crippen molar-refractivity contribution >= 4 is 0 Å². The molecular formula is C12H21N3. The molecule has 1 fully saturated rings. The van der Waals surface area contributed by atoms with Gasteiger partial charge in [-0.2, -0.15) is 5.10 Å². The minimum Gasteiger partial charge on any atom is -0.309 e. The molecule has 1 aromatic heterocycles. The van der Waals surface area contributed by atoms with Gasteiger partial charge in [0.05, 0.1) is 11.4 Å². The van der Waals surface area contributed by atoms with Gasteiger partial charge in [0.25, 0.3) is 0 Å². The van der Waals surface area contributed by atoms with E-state index in [1.807, 2.05) is 4.68 Å². The molecule has 0 spiro atoms. The van der Waals surface area contributed by atoms with Crippen molar-refractivity contribution in [2.45, 2.75) is 45.1 Å². The van der Waals surface area contributed by atoms with Crippen LogP contribution in [-0.2, 0) is 13.5 Å². The first-order chi connectivity index (χ1) is 7.31. The first-order valence-electron chi connectivity index (χ1n) is 6.07. The molecule has 3 heteroatoms. The van der Waals surface area contributed by atoms with Crippen LogP contribution in [0.3, 0.4) is 0 Å². The number of hydrogen-bond donors (Lipinski definition) is 1. The Hall–Kier alpha value is -0.830. The van der Waals surface area contributed by atoms with E-state index < -0.39 is 0 Å². The van der Waals surface area contributed by atoms with Crippen molar-refractivity contribution in [1.82, 2.24) is 15.1 Å². The second-order valence-electron chi connectivity index (χ2n) is 4.39. The normalized spacial score (nSPS) is 22.7. The number of hydrogen-bond acceptors (Lipinski definition) is 2. The maximum Gasteiger partial charge on any atom is 0.0625 e. The lowest BCUT2D eigenvalue weighted by molar-refractivity contribution is 0.495. The Balaban J connectivity index is 2.15. The monoisotopic (exact) mass is 207 g/mol. The van der Waals surface area contributed by atoms with E-state index in [4.69, 9.17) is 0 Å². The summed E-state index contributed by atoms with van der Waals surface area (Å²) in [7, 11) is 2.06. The number of aromatic nitrogens is 2. The Labute approximate surface area is 91.9 Å². The average molecular weight is 207 g/mol. The average Bonchev–Trinajstić information content (AvgIpc) is 2.48. The third kappa shape index (κ3) is 2.40. The van der Waals surface area contributed by atoms with Crippen LogP contribution >= 0.6 is 0 Å². The van der Waals surface area contributed by atoms with Gasteiger partial charge in [-0.15, -0.1) is 0 Å². The summed E-state index contributed by atoms with van der Waals surface area (Å²) in [5.41, 5.74) is 2.56. The summed E-state index contributed by atoms with van der Waals surface area (Å²) in [6.07, 6.45) is 6.30. The van der Waals surface area contributed by atoms with E-state index in [1.54, 1.807) is 0 Å². The van der Waals surface area contributed by atoms with Gasteiger partial charge < -0.3 is 5.32 Å². The van der Waals surface area contributed by atoms with Gasteiger partial charge in [-0.1, -0.05) is 19.8 Å². The van der Waals surface area contributed by atoms with Gasteiger partial charge in [0.15, 0.2) is 0 Å². The first kappa shape index (κ1) is 10.7. The van der Waals surface area contributed by atoms with Gasteiger partial charge in [-0.05, 0) is 31.9 Å². The summed E-state index contributed by atoms with van der Waals surface area (Å²) in [6, 6.07) is 2.77. The second-order valence-corrected chi connectivity index (χ2v) is 4.39. The molecule has 2 rings (SSSR count). The van der Waals surface area contributed by atoms with Crippen molar-refractivity contribution < 1.29 is 0 Å². The Morgan fingerprint density at radius 1 is 1.47 bits per heavy atom. The Morgan fingerprint density at radius 2 is 2.33 bits per heavy atom. The van der Waals surface area contributed by atoms with E-state index in [0.717, 1.165) is 13.0 Å². The van der Waals surface area contributed by atoms with Crippen LogP contribution in [0.2, 0.25) is 0 Å². The Kier molecular flexibility index (Phi) is 3.41. The second kappa shape index (κ2) is 4.79. The molecule has 1 N–H and O–H groups in total. The van der Waals surface area contributed by atoms with Gasteiger partial charge in [0, 0.05) is 13.1 Å². The van der Waals surface area contributed by atoms with Crippen LogP contribution in [0.15, 0.2) is 6.07 Å². The molecule has 84 valence electrons. The van der Waals surface area contributed by atoms with E-state index in [2.05, 4.69) is 30.5 Å². The van der Waals surface area contributed by atoms with E-state index in [9.17, 15) is 0 Å². The van der Waals surface area contributed by atoms with Crippen molar-refractivity contribution in [3.63, 3.8) is 0 Å². The Bertz CT molecular complexity index is 309. The molecule has 1 unspecified atom stereocenters. The highest BCUT2D eigenvalue weighted by Crippen LogP contribution is 2.22. The molecular weight excluding hydrogens is 186 g/mol. The molecule has 1 aliphatic heterocycles. The molecule has 0 aromatic carbocycles. The van der Waals surface area contributed by atoms with E-state index in [1.165, 1.54) is 37.1 Å². The maximum atomic E-state index is 4.51. The van der Waals surface area contributed by atoms with Gasteiger partial charge >= 0.3 is 0 Å². The smallest absolute Gasteiger partial charge is 0.0625 e. The first-order valence-corrected chi connectivity index (χ1v) is 6.07. The third-order valence-electron chi connectivity index (χ3n) is 3.25. The number of aryl methyl sites for hydroxylation is 2. The summed E-state index contributed by atoms with van der Waals surface area (Å²) >= 11 is 0. The lowest BCUT2D eigenvalue weighted by atomic mass is 10.1. The zero-order valence-corrected chi connectivity index (χ0v) is 9.79. The van der Waals surface area contributed by atoms with Gasteiger partial charge in [0.2, 0.25) is 0 Å². The fraction of sp³-hybridized carbons (Fsp3) is 0.750. The van der Waals surface area contributed by atoms with Crippen molar-refractivity contribution in [2.75, 3.05) is 6.54 Å². The highest BCUT2D eigenvalue weighted by molar-refractivity contribution is 5.14. The zero-order valence-electron chi connectivity index (χ0n) is 9.79. The predicted molar refractivity (Wildman–Crippen MR) is 61.8 cm³/mol. The molecule has 0 saturated carbocycles. The molecule has 15 heavy (non-hydrogen) atoms. The lowest BCUT2D eigenvalue weighted by Crippen LogP contribution is -2.22.